The predicted octanol–water partition coefficient (Wildman–Crippen LogP) is -2.19. The highest BCUT2D eigenvalue weighted by Crippen LogP contribution is 2.18. The van der Waals surface area contributed by atoms with Crippen molar-refractivity contribution in [3.05, 3.63) is 0 Å². The van der Waals surface area contributed by atoms with Crippen LogP contribution in [-0.4, -0.2) is 51.6 Å². The van der Waals surface area contributed by atoms with E-state index in [9.17, 15) is 0 Å². The fourth-order valence-electron chi connectivity index (χ4n) is 1.04. The molecule has 0 aromatic carbocycles. The van der Waals surface area contributed by atoms with Gasteiger partial charge in [-0.25, -0.2) is 0 Å². The number of aliphatic hydroxyl groups excluding tert-OH is 4. The molecule has 0 aromatic heterocycles. The van der Waals surface area contributed by atoms with Gasteiger partial charge in [0.15, 0.2) is 6.29 Å². The average Bonchev–Trinajstić information content (AvgIpc) is 1.97. The molecule has 1 rings (SSSR count). The fourth-order valence-corrected chi connectivity index (χ4v) is 1.04. The Hall–Kier alpha value is -0.200. The number of hydrogen-bond acceptors (Lipinski definition) is 5. The predicted molar refractivity (Wildman–Crippen MR) is 34.6 cm³/mol. The van der Waals surface area contributed by atoms with Gasteiger partial charge in [0.05, 0.1) is 12.7 Å². The lowest BCUT2D eigenvalue weighted by Gasteiger charge is -2.33. The van der Waals surface area contributed by atoms with E-state index in [1.54, 1.807) is 0 Å². The minimum absolute atomic E-state index is 0.0341. The topological polar surface area (TPSA) is 90.2 Å². The van der Waals surface area contributed by atoms with Gasteiger partial charge in [0.1, 0.15) is 12.2 Å². The van der Waals surface area contributed by atoms with Crippen LogP contribution in [0, 0.1) is 0 Å². The summed E-state index contributed by atoms with van der Waals surface area (Å²) >= 11 is 0. The molecule has 0 radical (unpaired) electrons. The van der Waals surface area contributed by atoms with Crippen molar-refractivity contribution in [2.75, 3.05) is 6.61 Å². The van der Waals surface area contributed by atoms with Gasteiger partial charge >= 0.3 is 0 Å². The standard InChI is InChI=1S/C6H12O5/c7-2-5-3(8)1-4(9)6(10)11-5/h3-10H,1-2H2/t3-,4?,5?,6-/m0/s1. The first-order valence-corrected chi connectivity index (χ1v) is 3.45. The molecule has 1 heterocycles. The third-order valence-corrected chi connectivity index (χ3v) is 1.74. The zero-order valence-electron chi connectivity index (χ0n) is 5.92. The normalized spacial score (nSPS) is 45.8. The maximum absolute atomic E-state index is 9.10. The van der Waals surface area contributed by atoms with E-state index in [0.717, 1.165) is 0 Å². The second-order valence-electron chi connectivity index (χ2n) is 2.62. The average molecular weight is 164 g/mol. The molecule has 0 spiro atoms. The Labute approximate surface area is 63.8 Å². The molecule has 11 heavy (non-hydrogen) atoms. The van der Waals surface area contributed by atoms with Crippen LogP contribution >= 0.6 is 0 Å². The molecule has 0 saturated carbocycles. The van der Waals surface area contributed by atoms with Crippen LogP contribution < -0.4 is 0 Å². The molecule has 66 valence electrons. The van der Waals surface area contributed by atoms with E-state index in [4.69, 9.17) is 20.4 Å². The van der Waals surface area contributed by atoms with Crippen LogP contribution in [0.5, 0.6) is 0 Å². The van der Waals surface area contributed by atoms with Crippen LogP contribution in [0.1, 0.15) is 6.42 Å². The third kappa shape index (κ3) is 1.88. The van der Waals surface area contributed by atoms with Crippen molar-refractivity contribution < 1.29 is 25.2 Å². The zero-order valence-corrected chi connectivity index (χ0v) is 5.92. The molecular formula is C6H12O5. The first-order chi connectivity index (χ1) is 5.15. The maximum Gasteiger partial charge on any atom is 0.181 e. The highest BCUT2D eigenvalue weighted by Gasteiger charge is 2.34. The van der Waals surface area contributed by atoms with E-state index in [1.165, 1.54) is 0 Å². The van der Waals surface area contributed by atoms with E-state index in [1.807, 2.05) is 0 Å². The van der Waals surface area contributed by atoms with Gasteiger partial charge in [0.25, 0.3) is 0 Å². The van der Waals surface area contributed by atoms with Gasteiger partial charge in [-0.2, -0.15) is 0 Å². The molecule has 4 atom stereocenters. The lowest BCUT2D eigenvalue weighted by molar-refractivity contribution is -0.251. The molecule has 0 aromatic rings. The minimum Gasteiger partial charge on any atom is -0.394 e. The second-order valence-corrected chi connectivity index (χ2v) is 2.62. The number of rotatable bonds is 1. The number of ether oxygens (including phenoxy) is 1. The van der Waals surface area contributed by atoms with Crippen molar-refractivity contribution in [2.45, 2.75) is 31.0 Å². The molecular weight excluding hydrogens is 152 g/mol. The summed E-state index contributed by atoms with van der Waals surface area (Å²) < 4.78 is 4.67. The van der Waals surface area contributed by atoms with Gasteiger partial charge in [-0.1, -0.05) is 0 Å². The highest BCUT2D eigenvalue weighted by molar-refractivity contribution is 4.79. The van der Waals surface area contributed by atoms with E-state index in [2.05, 4.69) is 4.74 Å². The van der Waals surface area contributed by atoms with E-state index in [-0.39, 0.29) is 13.0 Å². The molecule has 5 heteroatoms. The molecule has 2 unspecified atom stereocenters. The Balaban J connectivity index is 2.48. The summed E-state index contributed by atoms with van der Waals surface area (Å²) in [7, 11) is 0. The fraction of sp³-hybridized carbons (Fsp3) is 1.00. The minimum atomic E-state index is -1.30. The van der Waals surface area contributed by atoms with Crippen LogP contribution in [0.15, 0.2) is 0 Å². The van der Waals surface area contributed by atoms with Gasteiger partial charge < -0.3 is 25.2 Å². The van der Waals surface area contributed by atoms with Crippen LogP contribution in [0.3, 0.4) is 0 Å². The molecule has 1 fully saturated rings. The van der Waals surface area contributed by atoms with Gasteiger partial charge in [-0.15, -0.1) is 0 Å². The molecule has 0 bridgehead atoms. The molecule has 5 nitrogen and oxygen atoms in total. The largest absolute Gasteiger partial charge is 0.394 e. The first-order valence-electron chi connectivity index (χ1n) is 3.45. The van der Waals surface area contributed by atoms with Crippen molar-refractivity contribution >= 4 is 0 Å². The first kappa shape index (κ1) is 8.89. The van der Waals surface area contributed by atoms with Crippen molar-refractivity contribution in [2.24, 2.45) is 0 Å². The summed E-state index contributed by atoms with van der Waals surface area (Å²) in [5.74, 6) is 0. The number of hydrogen-bond donors (Lipinski definition) is 4. The summed E-state index contributed by atoms with van der Waals surface area (Å²) in [5.41, 5.74) is 0. The van der Waals surface area contributed by atoms with Gasteiger partial charge in [-0.3, -0.25) is 0 Å². The monoisotopic (exact) mass is 164 g/mol. The molecule has 1 aliphatic heterocycles. The smallest absolute Gasteiger partial charge is 0.181 e. The number of aliphatic hydroxyl groups is 4. The summed E-state index contributed by atoms with van der Waals surface area (Å²) in [6.45, 7) is -0.356. The van der Waals surface area contributed by atoms with E-state index in [0.29, 0.717) is 0 Å². The molecule has 1 saturated heterocycles. The Kier molecular flexibility index (Phi) is 2.80. The summed E-state index contributed by atoms with van der Waals surface area (Å²) in [6, 6.07) is 0. The quantitative estimate of drug-likeness (QED) is 0.353. The van der Waals surface area contributed by atoms with Gasteiger partial charge in [0, 0.05) is 6.42 Å². The van der Waals surface area contributed by atoms with Crippen LogP contribution in [0.25, 0.3) is 0 Å². The van der Waals surface area contributed by atoms with Crippen LogP contribution in [-0.2, 0) is 4.74 Å². The summed E-state index contributed by atoms with van der Waals surface area (Å²) in [6.07, 6.45) is -4.01. The van der Waals surface area contributed by atoms with Crippen molar-refractivity contribution in [1.29, 1.82) is 0 Å². The van der Waals surface area contributed by atoms with Crippen molar-refractivity contribution in [3.8, 4) is 0 Å². The summed E-state index contributed by atoms with van der Waals surface area (Å²) in [4.78, 5) is 0. The Bertz CT molecular complexity index is 128. The van der Waals surface area contributed by atoms with Crippen LogP contribution in [0.2, 0.25) is 0 Å². The van der Waals surface area contributed by atoms with Crippen molar-refractivity contribution in [3.63, 3.8) is 0 Å². The van der Waals surface area contributed by atoms with Gasteiger partial charge in [0.2, 0.25) is 0 Å². The molecule has 4 N–H and O–H groups in total. The zero-order chi connectivity index (χ0) is 8.43. The Morgan fingerprint density at radius 1 is 1.18 bits per heavy atom. The molecule has 0 amide bonds. The van der Waals surface area contributed by atoms with Crippen LogP contribution in [0.4, 0.5) is 0 Å². The molecule has 0 aliphatic carbocycles. The lowest BCUT2D eigenvalue weighted by atomic mass is 10.0. The Morgan fingerprint density at radius 3 is 2.36 bits per heavy atom. The van der Waals surface area contributed by atoms with E-state index >= 15 is 0 Å². The lowest BCUT2D eigenvalue weighted by Crippen LogP contribution is -2.48. The Morgan fingerprint density at radius 2 is 1.82 bits per heavy atom. The second kappa shape index (κ2) is 3.46. The van der Waals surface area contributed by atoms with Crippen molar-refractivity contribution in [1.82, 2.24) is 0 Å². The van der Waals surface area contributed by atoms with E-state index < -0.39 is 24.6 Å². The van der Waals surface area contributed by atoms with Gasteiger partial charge in [-0.05, 0) is 0 Å². The maximum atomic E-state index is 9.10. The molecule has 1 aliphatic rings. The SMILES string of the molecule is OCC1O[C@H](O)C(O)C[C@@H]1O. The highest BCUT2D eigenvalue weighted by atomic mass is 16.6. The third-order valence-electron chi connectivity index (χ3n) is 1.74. The summed E-state index contributed by atoms with van der Waals surface area (Å²) in [5, 5.41) is 35.5.